The average Bonchev–Trinajstić information content (AvgIpc) is 3.06. The molecule has 0 spiro atoms. The third-order valence-electron chi connectivity index (χ3n) is 3.89. The van der Waals surface area contributed by atoms with Gasteiger partial charge in [-0.05, 0) is 35.6 Å². The number of nitrogens with zero attached hydrogens (tertiary/aromatic N) is 5. The normalized spacial score (nSPS) is 18.2. The van der Waals surface area contributed by atoms with Crippen molar-refractivity contribution >= 4 is 16.9 Å². The number of hydrogen-bond acceptors (Lipinski definition) is 3. The summed E-state index contributed by atoms with van der Waals surface area (Å²) in [6.07, 6.45) is 4.99. The number of carbonyl (C=O) groups excluding carboxylic acids is 1. The lowest BCUT2D eigenvalue weighted by Gasteiger charge is -2.15. The Hall–Kier alpha value is -2.53. The van der Waals surface area contributed by atoms with E-state index in [0.29, 0.717) is 26.1 Å². The fraction of sp³-hybridized carbons (Fsp3) is 0.429. The van der Waals surface area contributed by atoms with Gasteiger partial charge in [0.15, 0.2) is 0 Å². The van der Waals surface area contributed by atoms with Gasteiger partial charge in [0, 0.05) is 48.7 Å². The van der Waals surface area contributed by atoms with Crippen LogP contribution >= 0.6 is 0 Å². The lowest BCUT2D eigenvalue weighted by Crippen LogP contribution is -2.27. The fourth-order valence-electron chi connectivity index (χ4n) is 2.82. The van der Waals surface area contributed by atoms with Crippen molar-refractivity contribution in [2.24, 2.45) is 11.0 Å². The van der Waals surface area contributed by atoms with Crippen molar-refractivity contribution in [3.63, 3.8) is 0 Å². The second-order valence-corrected chi connectivity index (χ2v) is 5.29. The quantitative estimate of drug-likeness (QED) is 0.517. The van der Waals surface area contributed by atoms with Crippen LogP contribution in [0.3, 0.4) is 0 Å². The van der Waals surface area contributed by atoms with E-state index >= 15 is 0 Å². The summed E-state index contributed by atoms with van der Waals surface area (Å²) < 4.78 is 0. The smallest absolute Gasteiger partial charge is 0.222 e. The zero-order valence-corrected chi connectivity index (χ0v) is 11.6. The van der Waals surface area contributed by atoms with Crippen molar-refractivity contribution < 1.29 is 4.79 Å². The van der Waals surface area contributed by atoms with Gasteiger partial charge in [0.2, 0.25) is 5.91 Å². The van der Waals surface area contributed by atoms with Crippen molar-refractivity contribution in [3.8, 4) is 0 Å². The van der Waals surface area contributed by atoms with Gasteiger partial charge in [-0.2, -0.15) is 0 Å². The number of hydrogen-bond donors (Lipinski definition) is 1. The third-order valence-corrected chi connectivity index (χ3v) is 3.89. The van der Waals surface area contributed by atoms with Gasteiger partial charge in [-0.1, -0.05) is 5.11 Å². The Balaban J connectivity index is 1.62. The van der Waals surface area contributed by atoms with Gasteiger partial charge < -0.3 is 9.88 Å². The molecule has 0 saturated carbocycles. The number of aromatic nitrogens is 2. The standard InChI is InChI=1S/C14H16N6O/c15-19-18-7-10-6-13(21)20(9-10)5-3-11-8-17-14-12(11)2-1-4-16-14/h1-2,4,8,10H,3,5-7,9H2,(H,16,17). The number of H-pyrrole nitrogens is 1. The number of pyridine rings is 1. The highest BCUT2D eigenvalue weighted by atomic mass is 16.2. The molecule has 2 aromatic heterocycles. The van der Waals surface area contributed by atoms with Crippen molar-refractivity contribution in [2.75, 3.05) is 19.6 Å². The maximum absolute atomic E-state index is 11.9. The second kappa shape index (κ2) is 5.85. The molecular formula is C14H16N6O. The molecule has 3 heterocycles. The molecule has 21 heavy (non-hydrogen) atoms. The zero-order valence-electron chi connectivity index (χ0n) is 11.6. The average molecular weight is 284 g/mol. The molecule has 0 aliphatic carbocycles. The zero-order chi connectivity index (χ0) is 14.7. The third kappa shape index (κ3) is 2.83. The first kappa shape index (κ1) is 13.5. The van der Waals surface area contributed by atoms with Crippen molar-refractivity contribution in [2.45, 2.75) is 12.8 Å². The molecule has 1 aliphatic heterocycles. The Morgan fingerprint density at radius 3 is 3.33 bits per heavy atom. The highest BCUT2D eigenvalue weighted by Crippen LogP contribution is 2.21. The van der Waals surface area contributed by atoms with E-state index in [0.717, 1.165) is 17.5 Å². The topological polar surface area (TPSA) is 97.8 Å². The van der Waals surface area contributed by atoms with Crippen LogP contribution in [0.2, 0.25) is 0 Å². The van der Waals surface area contributed by atoms with Crippen LogP contribution in [0.4, 0.5) is 0 Å². The Morgan fingerprint density at radius 1 is 1.57 bits per heavy atom. The Morgan fingerprint density at radius 2 is 2.48 bits per heavy atom. The molecule has 1 aliphatic rings. The lowest BCUT2D eigenvalue weighted by atomic mass is 10.1. The Bertz CT molecular complexity index is 702. The summed E-state index contributed by atoms with van der Waals surface area (Å²) >= 11 is 0. The largest absolute Gasteiger partial charge is 0.346 e. The van der Waals surface area contributed by atoms with Gasteiger partial charge in [0.05, 0.1) is 0 Å². The van der Waals surface area contributed by atoms with E-state index in [2.05, 4.69) is 20.0 Å². The van der Waals surface area contributed by atoms with E-state index in [1.807, 2.05) is 23.2 Å². The van der Waals surface area contributed by atoms with Crippen molar-refractivity contribution in [3.05, 3.63) is 40.5 Å². The number of nitrogens with one attached hydrogen (secondary N) is 1. The molecule has 1 unspecified atom stereocenters. The van der Waals surface area contributed by atoms with Gasteiger partial charge in [-0.25, -0.2) is 4.98 Å². The highest BCUT2D eigenvalue weighted by molar-refractivity contribution is 5.80. The summed E-state index contributed by atoms with van der Waals surface area (Å²) in [7, 11) is 0. The highest BCUT2D eigenvalue weighted by Gasteiger charge is 2.28. The number of likely N-dealkylation sites (tertiary alicyclic amines) is 1. The molecule has 7 nitrogen and oxygen atoms in total. The Kier molecular flexibility index (Phi) is 3.75. The molecule has 1 saturated heterocycles. The van der Waals surface area contributed by atoms with Gasteiger partial charge in [0.1, 0.15) is 5.65 Å². The summed E-state index contributed by atoms with van der Waals surface area (Å²) in [5, 5.41) is 4.67. The molecule has 0 bridgehead atoms. The molecule has 1 amide bonds. The first-order chi connectivity index (χ1) is 10.3. The van der Waals surface area contributed by atoms with Gasteiger partial charge in [0.25, 0.3) is 0 Å². The predicted octanol–water partition coefficient (Wildman–Crippen LogP) is 2.26. The Labute approximate surface area is 121 Å². The van der Waals surface area contributed by atoms with Gasteiger partial charge in [-0.3, -0.25) is 4.79 Å². The number of azide groups is 1. The van der Waals surface area contributed by atoms with E-state index in [-0.39, 0.29) is 11.8 Å². The van der Waals surface area contributed by atoms with Crippen LogP contribution in [0.15, 0.2) is 29.6 Å². The number of amides is 1. The molecule has 3 rings (SSSR count). The maximum Gasteiger partial charge on any atom is 0.222 e. The van der Waals surface area contributed by atoms with Crippen LogP contribution in [0.5, 0.6) is 0 Å². The van der Waals surface area contributed by atoms with Crippen LogP contribution in [0, 0.1) is 5.92 Å². The first-order valence-corrected chi connectivity index (χ1v) is 6.97. The first-order valence-electron chi connectivity index (χ1n) is 6.97. The van der Waals surface area contributed by atoms with Crippen LogP contribution < -0.4 is 0 Å². The fourth-order valence-corrected chi connectivity index (χ4v) is 2.82. The van der Waals surface area contributed by atoms with E-state index in [1.165, 1.54) is 5.56 Å². The molecule has 0 aromatic carbocycles. The van der Waals surface area contributed by atoms with Crippen molar-refractivity contribution in [1.82, 2.24) is 14.9 Å². The van der Waals surface area contributed by atoms with E-state index < -0.39 is 0 Å². The van der Waals surface area contributed by atoms with Crippen LogP contribution in [-0.2, 0) is 11.2 Å². The van der Waals surface area contributed by atoms with Crippen LogP contribution in [-0.4, -0.2) is 40.4 Å². The molecule has 7 heteroatoms. The monoisotopic (exact) mass is 284 g/mol. The summed E-state index contributed by atoms with van der Waals surface area (Å²) in [4.78, 5) is 24.0. The van der Waals surface area contributed by atoms with Gasteiger partial charge in [-0.15, -0.1) is 0 Å². The van der Waals surface area contributed by atoms with E-state index in [4.69, 9.17) is 5.53 Å². The number of fused-ring (bicyclic) bond motifs is 1. The molecule has 108 valence electrons. The summed E-state index contributed by atoms with van der Waals surface area (Å²) in [6.45, 7) is 1.77. The number of carbonyl (C=O) groups is 1. The van der Waals surface area contributed by atoms with Gasteiger partial charge >= 0.3 is 0 Å². The molecule has 1 fully saturated rings. The summed E-state index contributed by atoms with van der Waals surface area (Å²) in [5.74, 6) is 0.296. The predicted molar refractivity (Wildman–Crippen MR) is 78.5 cm³/mol. The minimum absolute atomic E-state index is 0.145. The number of rotatable bonds is 5. The molecular weight excluding hydrogens is 268 g/mol. The van der Waals surface area contributed by atoms with Crippen molar-refractivity contribution in [1.29, 1.82) is 0 Å². The van der Waals surface area contributed by atoms with Crippen LogP contribution in [0.25, 0.3) is 21.5 Å². The lowest BCUT2D eigenvalue weighted by molar-refractivity contribution is -0.127. The second-order valence-electron chi connectivity index (χ2n) is 5.29. The van der Waals surface area contributed by atoms with E-state index in [1.54, 1.807) is 6.20 Å². The number of aromatic amines is 1. The molecule has 1 N–H and O–H groups in total. The molecule has 1 atom stereocenters. The molecule has 0 radical (unpaired) electrons. The summed E-state index contributed by atoms with van der Waals surface area (Å²) in [6, 6.07) is 3.95. The summed E-state index contributed by atoms with van der Waals surface area (Å²) in [5.41, 5.74) is 10.4. The molecule has 2 aromatic rings. The minimum Gasteiger partial charge on any atom is -0.346 e. The van der Waals surface area contributed by atoms with Crippen LogP contribution in [0.1, 0.15) is 12.0 Å². The maximum atomic E-state index is 11.9. The minimum atomic E-state index is 0.145. The van der Waals surface area contributed by atoms with E-state index in [9.17, 15) is 4.79 Å². The SMILES string of the molecule is [N-]=[N+]=NCC1CC(=O)N(CCc2c[nH]c3ncccc23)C1.